The molecule has 2 rings (SSSR count). The van der Waals surface area contributed by atoms with Crippen LogP contribution >= 0.6 is 0 Å². The number of carboxylic acids is 1. The Bertz CT molecular complexity index is 613. The predicted octanol–water partition coefficient (Wildman–Crippen LogP) is 3.02. The van der Waals surface area contributed by atoms with E-state index in [-0.39, 0.29) is 6.42 Å². The van der Waals surface area contributed by atoms with Crippen LogP contribution in [-0.4, -0.2) is 16.1 Å². The molecule has 1 N–H and O–H groups in total. The highest BCUT2D eigenvalue weighted by Gasteiger charge is 2.19. The first kappa shape index (κ1) is 14.2. The van der Waals surface area contributed by atoms with E-state index in [1.807, 2.05) is 31.2 Å². The molecule has 0 bridgehead atoms. The van der Waals surface area contributed by atoms with Gasteiger partial charge >= 0.3 is 5.97 Å². The van der Waals surface area contributed by atoms with Crippen LogP contribution in [0.4, 0.5) is 4.39 Å². The van der Waals surface area contributed by atoms with Gasteiger partial charge in [0, 0.05) is 6.20 Å². The number of hydrogen-bond donors (Lipinski definition) is 1. The minimum absolute atomic E-state index is 0.272. The van der Waals surface area contributed by atoms with Gasteiger partial charge in [-0.15, -0.1) is 0 Å². The summed E-state index contributed by atoms with van der Waals surface area (Å²) in [6.45, 7) is 1.96. The molecule has 104 valence electrons. The van der Waals surface area contributed by atoms with Crippen LogP contribution in [0.25, 0.3) is 0 Å². The molecule has 3 nitrogen and oxygen atoms in total. The van der Waals surface area contributed by atoms with Crippen LogP contribution < -0.4 is 0 Å². The van der Waals surface area contributed by atoms with Crippen molar-refractivity contribution in [1.82, 2.24) is 4.98 Å². The molecule has 20 heavy (non-hydrogen) atoms. The molecule has 1 heterocycles. The van der Waals surface area contributed by atoms with Gasteiger partial charge in [0.1, 0.15) is 5.82 Å². The van der Waals surface area contributed by atoms with E-state index in [2.05, 4.69) is 4.98 Å². The lowest BCUT2D eigenvalue weighted by molar-refractivity contribution is -0.141. The zero-order valence-corrected chi connectivity index (χ0v) is 11.2. The average molecular weight is 273 g/mol. The number of benzene rings is 1. The van der Waals surface area contributed by atoms with Gasteiger partial charge in [0.15, 0.2) is 0 Å². The Balaban J connectivity index is 2.16. The van der Waals surface area contributed by atoms with E-state index in [1.165, 1.54) is 12.3 Å². The maximum atomic E-state index is 13.1. The van der Waals surface area contributed by atoms with Gasteiger partial charge in [-0.25, -0.2) is 4.39 Å². The molecule has 2 aromatic rings. The topological polar surface area (TPSA) is 50.2 Å². The molecule has 1 atom stereocenters. The van der Waals surface area contributed by atoms with Gasteiger partial charge in [-0.1, -0.05) is 24.3 Å². The van der Waals surface area contributed by atoms with Gasteiger partial charge in [0.25, 0.3) is 0 Å². The van der Waals surface area contributed by atoms with Crippen LogP contribution in [-0.2, 0) is 17.6 Å². The Hall–Kier alpha value is -2.23. The van der Waals surface area contributed by atoms with Crippen molar-refractivity contribution in [1.29, 1.82) is 0 Å². The zero-order valence-electron chi connectivity index (χ0n) is 11.2. The van der Waals surface area contributed by atoms with E-state index < -0.39 is 17.7 Å². The summed E-state index contributed by atoms with van der Waals surface area (Å²) in [6, 6.07) is 9.03. The first-order valence-corrected chi connectivity index (χ1v) is 6.43. The summed E-state index contributed by atoms with van der Waals surface area (Å²) < 4.78 is 13.1. The van der Waals surface area contributed by atoms with Gasteiger partial charge < -0.3 is 5.11 Å². The van der Waals surface area contributed by atoms with E-state index in [0.717, 1.165) is 17.3 Å². The summed E-state index contributed by atoms with van der Waals surface area (Å²) in [5.41, 5.74) is 2.67. The molecule has 0 aliphatic rings. The standard InChI is InChI=1S/C16H16FNO2/c1-11-4-2-3-5-13(11)8-14(16(19)20)6-12-7-15(17)10-18-9-12/h2-5,7,9-10,14H,6,8H2,1H3,(H,19,20). The molecule has 0 amide bonds. The van der Waals surface area contributed by atoms with Crippen molar-refractivity contribution < 1.29 is 14.3 Å². The second-order valence-corrected chi connectivity index (χ2v) is 4.88. The van der Waals surface area contributed by atoms with Crippen LogP contribution in [0.3, 0.4) is 0 Å². The monoisotopic (exact) mass is 273 g/mol. The fourth-order valence-corrected chi connectivity index (χ4v) is 2.20. The number of aromatic nitrogens is 1. The predicted molar refractivity (Wildman–Crippen MR) is 73.9 cm³/mol. The molecule has 0 aliphatic heterocycles. The van der Waals surface area contributed by atoms with Crippen molar-refractivity contribution in [2.75, 3.05) is 0 Å². The van der Waals surface area contributed by atoms with E-state index >= 15 is 0 Å². The number of carbonyl (C=O) groups is 1. The van der Waals surface area contributed by atoms with Crippen LogP contribution in [0.5, 0.6) is 0 Å². The van der Waals surface area contributed by atoms with Gasteiger partial charge in [-0.05, 0) is 42.5 Å². The summed E-state index contributed by atoms with van der Waals surface area (Å²) in [6.07, 6.45) is 3.32. The Kier molecular flexibility index (Phi) is 4.45. The smallest absolute Gasteiger partial charge is 0.307 e. The summed E-state index contributed by atoms with van der Waals surface area (Å²) in [7, 11) is 0. The second-order valence-electron chi connectivity index (χ2n) is 4.88. The number of pyridine rings is 1. The second kappa shape index (κ2) is 6.28. The first-order valence-electron chi connectivity index (χ1n) is 6.43. The highest BCUT2D eigenvalue weighted by atomic mass is 19.1. The molecule has 0 radical (unpaired) electrons. The molecule has 0 saturated carbocycles. The molecule has 0 saturated heterocycles. The quantitative estimate of drug-likeness (QED) is 0.911. The Morgan fingerprint density at radius 2 is 2.05 bits per heavy atom. The van der Waals surface area contributed by atoms with Crippen LogP contribution in [0, 0.1) is 18.7 Å². The zero-order chi connectivity index (χ0) is 14.5. The molecular formula is C16H16FNO2. The summed E-state index contributed by atoms with van der Waals surface area (Å²) in [5.74, 6) is -1.90. The number of aliphatic carboxylic acids is 1. The minimum atomic E-state index is -0.877. The van der Waals surface area contributed by atoms with Gasteiger partial charge in [0.2, 0.25) is 0 Å². The molecule has 0 aliphatic carbocycles. The number of rotatable bonds is 5. The third kappa shape index (κ3) is 3.63. The van der Waals surface area contributed by atoms with Crippen LogP contribution in [0.1, 0.15) is 16.7 Å². The lowest BCUT2D eigenvalue weighted by Gasteiger charge is -2.14. The summed E-state index contributed by atoms with van der Waals surface area (Å²) >= 11 is 0. The molecule has 1 aromatic heterocycles. The fourth-order valence-electron chi connectivity index (χ4n) is 2.20. The van der Waals surface area contributed by atoms with Crippen LogP contribution in [0.2, 0.25) is 0 Å². The molecular weight excluding hydrogens is 257 g/mol. The summed E-state index contributed by atoms with van der Waals surface area (Å²) in [4.78, 5) is 15.1. The van der Waals surface area contributed by atoms with Crippen molar-refractivity contribution in [3.05, 3.63) is 65.2 Å². The lowest BCUT2D eigenvalue weighted by atomic mass is 9.91. The lowest BCUT2D eigenvalue weighted by Crippen LogP contribution is -2.19. The molecule has 1 aromatic carbocycles. The maximum Gasteiger partial charge on any atom is 0.307 e. The van der Waals surface area contributed by atoms with Crippen molar-refractivity contribution in [3.63, 3.8) is 0 Å². The molecule has 0 spiro atoms. The molecule has 0 fully saturated rings. The highest BCUT2D eigenvalue weighted by molar-refractivity contribution is 5.71. The number of aryl methyl sites for hydroxylation is 1. The van der Waals surface area contributed by atoms with E-state index in [4.69, 9.17) is 0 Å². The third-order valence-electron chi connectivity index (χ3n) is 3.32. The van der Waals surface area contributed by atoms with Gasteiger partial charge in [0.05, 0.1) is 12.1 Å². The summed E-state index contributed by atoms with van der Waals surface area (Å²) in [5, 5.41) is 9.34. The first-order chi connectivity index (χ1) is 9.56. The van der Waals surface area contributed by atoms with Crippen molar-refractivity contribution in [2.45, 2.75) is 19.8 Å². The van der Waals surface area contributed by atoms with Crippen molar-refractivity contribution in [3.8, 4) is 0 Å². The van der Waals surface area contributed by atoms with E-state index in [9.17, 15) is 14.3 Å². The molecule has 4 heteroatoms. The van der Waals surface area contributed by atoms with Gasteiger partial charge in [-0.2, -0.15) is 0 Å². The number of carboxylic acid groups (broad SMARTS) is 1. The van der Waals surface area contributed by atoms with Gasteiger partial charge in [-0.3, -0.25) is 9.78 Å². The number of hydrogen-bond acceptors (Lipinski definition) is 2. The Morgan fingerprint density at radius 3 is 2.70 bits per heavy atom. The minimum Gasteiger partial charge on any atom is -0.481 e. The van der Waals surface area contributed by atoms with E-state index in [1.54, 1.807) is 0 Å². The maximum absolute atomic E-state index is 13.1. The molecule has 1 unspecified atom stereocenters. The van der Waals surface area contributed by atoms with E-state index in [0.29, 0.717) is 12.0 Å². The van der Waals surface area contributed by atoms with Crippen molar-refractivity contribution in [2.24, 2.45) is 5.92 Å². The number of nitrogens with zero attached hydrogens (tertiary/aromatic N) is 1. The van der Waals surface area contributed by atoms with Crippen molar-refractivity contribution >= 4 is 5.97 Å². The fraction of sp³-hybridized carbons (Fsp3) is 0.250. The SMILES string of the molecule is Cc1ccccc1CC(Cc1cncc(F)c1)C(=O)O. The normalized spacial score (nSPS) is 12.1. The van der Waals surface area contributed by atoms with Crippen LogP contribution in [0.15, 0.2) is 42.7 Å². The third-order valence-corrected chi connectivity index (χ3v) is 3.32. The Morgan fingerprint density at radius 1 is 1.30 bits per heavy atom. The Labute approximate surface area is 117 Å². The number of halogens is 1. The average Bonchev–Trinajstić information content (AvgIpc) is 2.40. The highest BCUT2D eigenvalue weighted by Crippen LogP contribution is 2.18. The largest absolute Gasteiger partial charge is 0.481 e.